The first-order valence-corrected chi connectivity index (χ1v) is 9.56. The van der Waals surface area contributed by atoms with Gasteiger partial charge in [-0.05, 0) is 86.0 Å². The standard InChI is InChI=1S/C19H29N3O/c1-18-9-7-13(21-22-20)11-12(18)3-4-14-15-5-6-17(23)19(15,2)10-8-16(14)18/h12-16H,3-11H2,1-2H3/t12-,13-,14+,15+,16+,18-,19-/m0/s1. The molecule has 4 fully saturated rings. The molecule has 0 bridgehead atoms. The highest BCUT2D eigenvalue weighted by atomic mass is 16.1. The molecule has 0 N–H and O–H groups in total. The normalized spacial score (nSPS) is 52.1. The third-order valence-corrected chi connectivity index (χ3v) is 8.56. The van der Waals surface area contributed by atoms with Gasteiger partial charge in [0.1, 0.15) is 5.78 Å². The lowest BCUT2D eigenvalue weighted by Crippen LogP contribution is -2.53. The van der Waals surface area contributed by atoms with E-state index in [0.717, 1.165) is 49.9 Å². The summed E-state index contributed by atoms with van der Waals surface area (Å²) >= 11 is 0. The molecule has 0 aromatic rings. The van der Waals surface area contributed by atoms with E-state index in [-0.39, 0.29) is 11.5 Å². The molecule has 0 aliphatic heterocycles. The van der Waals surface area contributed by atoms with E-state index in [2.05, 4.69) is 23.9 Å². The molecule has 126 valence electrons. The molecule has 4 rings (SSSR count). The van der Waals surface area contributed by atoms with Crippen molar-refractivity contribution >= 4 is 5.78 Å². The van der Waals surface area contributed by atoms with Gasteiger partial charge < -0.3 is 0 Å². The van der Waals surface area contributed by atoms with E-state index in [0.29, 0.717) is 17.1 Å². The quantitative estimate of drug-likeness (QED) is 0.369. The Morgan fingerprint density at radius 1 is 1.09 bits per heavy atom. The lowest BCUT2D eigenvalue weighted by molar-refractivity contribution is -0.139. The van der Waals surface area contributed by atoms with Crippen molar-refractivity contribution in [3.05, 3.63) is 10.4 Å². The predicted molar refractivity (Wildman–Crippen MR) is 89.7 cm³/mol. The van der Waals surface area contributed by atoms with Crippen molar-refractivity contribution in [3.8, 4) is 0 Å². The molecule has 4 nitrogen and oxygen atoms in total. The summed E-state index contributed by atoms with van der Waals surface area (Å²) in [5, 5.41) is 4.02. The average Bonchev–Trinajstić information content (AvgIpc) is 2.84. The largest absolute Gasteiger partial charge is 0.299 e. The van der Waals surface area contributed by atoms with Gasteiger partial charge in [0.05, 0.1) is 0 Å². The van der Waals surface area contributed by atoms with E-state index in [9.17, 15) is 4.79 Å². The van der Waals surface area contributed by atoms with Gasteiger partial charge in [-0.3, -0.25) is 4.79 Å². The molecule has 4 aliphatic carbocycles. The van der Waals surface area contributed by atoms with Crippen molar-refractivity contribution in [2.24, 2.45) is 39.6 Å². The van der Waals surface area contributed by atoms with E-state index in [1.54, 1.807) is 0 Å². The smallest absolute Gasteiger partial charge is 0.139 e. The van der Waals surface area contributed by atoms with Crippen molar-refractivity contribution < 1.29 is 4.79 Å². The SMILES string of the molecule is C[C@]12CC[C@H](N=[N+]=[N-])C[C@@H]1CC[C@H]1[C@H]2CC[C@]2(C)C(=O)CC[C@H]12. The monoisotopic (exact) mass is 315 g/mol. The van der Waals surface area contributed by atoms with Gasteiger partial charge in [0.15, 0.2) is 0 Å². The number of azide groups is 1. The third kappa shape index (κ3) is 2.10. The van der Waals surface area contributed by atoms with Crippen molar-refractivity contribution in [1.29, 1.82) is 0 Å². The zero-order valence-corrected chi connectivity index (χ0v) is 14.5. The topological polar surface area (TPSA) is 65.8 Å². The molecule has 0 saturated heterocycles. The zero-order chi connectivity index (χ0) is 16.2. The summed E-state index contributed by atoms with van der Waals surface area (Å²) in [5.41, 5.74) is 9.16. The van der Waals surface area contributed by atoms with Gasteiger partial charge in [-0.25, -0.2) is 0 Å². The molecule has 0 radical (unpaired) electrons. The number of ketones is 1. The Hall–Kier alpha value is -1.02. The molecule has 7 atom stereocenters. The van der Waals surface area contributed by atoms with Crippen LogP contribution in [0.1, 0.15) is 71.6 Å². The van der Waals surface area contributed by atoms with Crippen LogP contribution in [0.5, 0.6) is 0 Å². The van der Waals surface area contributed by atoms with Crippen LogP contribution in [0.4, 0.5) is 0 Å². The summed E-state index contributed by atoms with van der Waals surface area (Å²) in [7, 11) is 0. The summed E-state index contributed by atoms with van der Waals surface area (Å²) < 4.78 is 0. The first-order valence-electron chi connectivity index (χ1n) is 9.56. The molecular formula is C19H29N3O. The minimum atomic E-state index is -0.00727. The molecule has 0 spiro atoms. The van der Waals surface area contributed by atoms with Crippen molar-refractivity contribution in [3.63, 3.8) is 0 Å². The molecule has 0 amide bonds. The maximum Gasteiger partial charge on any atom is 0.139 e. The summed E-state index contributed by atoms with van der Waals surface area (Å²) in [4.78, 5) is 15.5. The Kier molecular flexibility index (Phi) is 3.53. The maximum absolute atomic E-state index is 12.4. The predicted octanol–water partition coefficient (Wildman–Crippen LogP) is 5.28. The number of carbonyl (C=O) groups excluding carboxylic acids is 1. The minimum Gasteiger partial charge on any atom is -0.299 e. The molecule has 0 heterocycles. The van der Waals surface area contributed by atoms with Crippen LogP contribution < -0.4 is 0 Å². The van der Waals surface area contributed by atoms with Crippen LogP contribution >= 0.6 is 0 Å². The Bertz CT molecular complexity index is 569. The summed E-state index contributed by atoms with van der Waals surface area (Å²) in [6.45, 7) is 4.77. The molecule has 0 unspecified atom stereocenters. The minimum absolute atomic E-state index is 0.00727. The van der Waals surface area contributed by atoms with Crippen molar-refractivity contribution in [2.45, 2.75) is 77.7 Å². The second-order valence-electron chi connectivity index (χ2n) is 9.21. The van der Waals surface area contributed by atoms with Crippen LogP contribution in [0.2, 0.25) is 0 Å². The molecule has 4 saturated carbocycles. The van der Waals surface area contributed by atoms with Gasteiger partial charge in [0.25, 0.3) is 0 Å². The average molecular weight is 315 g/mol. The number of Topliss-reactive ketones (excluding diaryl/α,β-unsaturated/α-hetero) is 1. The van der Waals surface area contributed by atoms with Gasteiger partial charge >= 0.3 is 0 Å². The highest BCUT2D eigenvalue weighted by Gasteiger charge is 2.60. The number of carbonyl (C=O) groups is 1. The Morgan fingerprint density at radius 3 is 2.70 bits per heavy atom. The van der Waals surface area contributed by atoms with Gasteiger partial charge in [-0.1, -0.05) is 19.0 Å². The number of hydrogen-bond donors (Lipinski definition) is 0. The molecule has 0 aromatic heterocycles. The molecular weight excluding hydrogens is 286 g/mol. The lowest BCUT2D eigenvalue weighted by atomic mass is 9.45. The second-order valence-corrected chi connectivity index (χ2v) is 9.21. The fourth-order valence-electron chi connectivity index (χ4n) is 7.18. The fourth-order valence-corrected chi connectivity index (χ4v) is 7.18. The maximum atomic E-state index is 12.4. The lowest BCUT2D eigenvalue weighted by Gasteiger charge is -2.60. The van der Waals surface area contributed by atoms with E-state index >= 15 is 0 Å². The second kappa shape index (κ2) is 5.24. The first-order chi connectivity index (χ1) is 11.0. The molecule has 0 aromatic carbocycles. The highest BCUT2D eigenvalue weighted by Crippen LogP contribution is 2.65. The van der Waals surface area contributed by atoms with E-state index in [1.165, 1.54) is 25.7 Å². The van der Waals surface area contributed by atoms with Gasteiger partial charge in [-0.2, -0.15) is 0 Å². The number of fused-ring (bicyclic) bond motifs is 5. The number of nitrogens with zero attached hydrogens (tertiary/aromatic N) is 3. The van der Waals surface area contributed by atoms with E-state index in [1.807, 2.05) is 0 Å². The molecule has 4 heteroatoms. The molecule has 23 heavy (non-hydrogen) atoms. The van der Waals surface area contributed by atoms with E-state index < -0.39 is 0 Å². The van der Waals surface area contributed by atoms with Crippen molar-refractivity contribution in [2.75, 3.05) is 0 Å². The summed E-state index contributed by atoms with van der Waals surface area (Å²) in [6.07, 6.45) is 10.2. The number of hydrogen-bond acceptors (Lipinski definition) is 2. The van der Waals surface area contributed by atoms with Crippen molar-refractivity contribution in [1.82, 2.24) is 0 Å². The van der Waals surface area contributed by atoms with Gasteiger partial charge in [0.2, 0.25) is 0 Å². The van der Waals surface area contributed by atoms with Crippen LogP contribution in [0.25, 0.3) is 10.4 Å². The van der Waals surface area contributed by atoms with Crippen LogP contribution in [-0.4, -0.2) is 11.8 Å². The van der Waals surface area contributed by atoms with Gasteiger partial charge in [0, 0.05) is 22.8 Å². The Labute approximate surface area is 139 Å². The fraction of sp³-hybridized carbons (Fsp3) is 0.947. The van der Waals surface area contributed by atoms with Crippen LogP contribution in [-0.2, 0) is 4.79 Å². The van der Waals surface area contributed by atoms with Crippen LogP contribution in [0.3, 0.4) is 0 Å². The zero-order valence-electron chi connectivity index (χ0n) is 14.5. The summed E-state index contributed by atoms with van der Waals surface area (Å²) in [6, 6.07) is 0.219. The van der Waals surface area contributed by atoms with Gasteiger partial charge in [-0.15, -0.1) is 0 Å². The highest BCUT2D eigenvalue weighted by molar-refractivity contribution is 5.87. The van der Waals surface area contributed by atoms with Crippen LogP contribution in [0, 0.1) is 34.5 Å². The molecule has 4 aliphatic rings. The Balaban J connectivity index is 1.59. The number of rotatable bonds is 1. The third-order valence-electron chi connectivity index (χ3n) is 8.56. The summed E-state index contributed by atoms with van der Waals surface area (Å²) in [5.74, 6) is 3.45. The van der Waals surface area contributed by atoms with Crippen LogP contribution in [0.15, 0.2) is 5.11 Å². The van der Waals surface area contributed by atoms with E-state index in [4.69, 9.17) is 5.53 Å². The first kappa shape index (κ1) is 15.5. The Morgan fingerprint density at radius 2 is 1.91 bits per heavy atom.